The lowest BCUT2D eigenvalue weighted by atomic mass is 9.70. The summed E-state index contributed by atoms with van der Waals surface area (Å²) in [5.41, 5.74) is 15.1. The third-order valence-electron chi connectivity index (χ3n) is 8.05. The monoisotopic (exact) mass is 480 g/mol. The molecule has 2 fully saturated rings. The van der Waals surface area contributed by atoms with Gasteiger partial charge in [0.1, 0.15) is 23.7 Å². The Kier molecular flexibility index (Phi) is 5.83. The van der Waals surface area contributed by atoms with E-state index in [9.17, 15) is 5.26 Å². The van der Waals surface area contributed by atoms with Crippen molar-refractivity contribution < 1.29 is 4.74 Å². The predicted molar refractivity (Wildman–Crippen MR) is 133 cm³/mol. The fraction of sp³-hybridized carbons (Fsp3) is 0.560. The van der Waals surface area contributed by atoms with E-state index in [1.54, 1.807) is 7.11 Å². The van der Waals surface area contributed by atoms with Crippen molar-refractivity contribution in [2.45, 2.75) is 70.0 Å². The number of hydrogen-bond acceptors (Lipinski definition) is 7. The molecule has 1 aromatic carbocycles. The topological polar surface area (TPSA) is 105 Å². The van der Waals surface area contributed by atoms with Gasteiger partial charge in [0.15, 0.2) is 0 Å². The van der Waals surface area contributed by atoms with Gasteiger partial charge in [-0.15, -0.1) is 0 Å². The van der Waals surface area contributed by atoms with Crippen LogP contribution in [0.4, 0.5) is 11.6 Å². The summed E-state index contributed by atoms with van der Waals surface area (Å²) < 4.78 is 6.04. The van der Waals surface area contributed by atoms with Gasteiger partial charge in [0.25, 0.3) is 0 Å². The summed E-state index contributed by atoms with van der Waals surface area (Å²) in [6.07, 6.45) is 5.51. The Balaban J connectivity index is 1.48. The second kappa shape index (κ2) is 8.56. The van der Waals surface area contributed by atoms with Crippen LogP contribution in [0.5, 0.6) is 5.75 Å². The summed E-state index contributed by atoms with van der Waals surface area (Å²) in [5.74, 6) is 2.37. The Morgan fingerprint density at radius 2 is 2.09 bits per heavy atom. The number of nitriles is 1. The predicted octanol–water partition coefficient (Wildman–Crippen LogP) is 5.20. The number of nitrogens with two attached hydrogens (primary N) is 1. The molecule has 8 nitrogen and oxygen atoms in total. The third-order valence-corrected chi connectivity index (χ3v) is 8.44. The highest BCUT2D eigenvalue weighted by Crippen LogP contribution is 2.52. The van der Waals surface area contributed by atoms with E-state index in [1.165, 1.54) is 12.7 Å². The number of rotatable bonds is 6. The molecule has 2 atom stereocenters. The van der Waals surface area contributed by atoms with E-state index in [0.717, 1.165) is 64.8 Å². The number of aromatic nitrogens is 2. The normalized spacial score (nSPS) is 22.5. The Labute approximate surface area is 206 Å². The molecule has 1 aromatic heterocycles. The van der Waals surface area contributed by atoms with Crippen molar-refractivity contribution in [1.29, 1.82) is 5.26 Å². The molecular weight excluding hydrogens is 450 g/mol. The number of hydrogen-bond donors (Lipinski definition) is 1. The lowest BCUT2D eigenvalue weighted by molar-refractivity contribution is -0.0386. The average Bonchev–Trinajstić information content (AvgIpc) is 3.10. The van der Waals surface area contributed by atoms with Crippen molar-refractivity contribution in [3.05, 3.63) is 45.1 Å². The lowest BCUT2D eigenvalue weighted by Gasteiger charge is -2.56. The fourth-order valence-corrected chi connectivity index (χ4v) is 6.10. The number of benzene rings is 1. The molecule has 9 heteroatoms. The molecule has 3 heterocycles. The minimum atomic E-state index is -0.155. The van der Waals surface area contributed by atoms with Crippen LogP contribution in [0.2, 0.25) is 5.02 Å². The molecule has 34 heavy (non-hydrogen) atoms. The van der Waals surface area contributed by atoms with Gasteiger partial charge in [-0.2, -0.15) is 5.26 Å². The summed E-state index contributed by atoms with van der Waals surface area (Å²) in [4.78, 5) is 11.1. The maximum Gasteiger partial charge on any atom is 0.130 e. The van der Waals surface area contributed by atoms with Crippen LogP contribution in [0.15, 0.2) is 12.4 Å². The van der Waals surface area contributed by atoms with Gasteiger partial charge in [-0.25, -0.2) is 9.97 Å². The minimum absolute atomic E-state index is 0.0645. The SMILES string of the molecule is COc1c(C(C)N2[N-]C(C)c3c(N)ncnc32)cc(Cl)c(C)c1C1CN(C2(CC#N)CCC2)C1. The van der Waals surface area contributed by atoms with Gasteiger partial charge in [0.2, 0.25) is 0 Å². The molecule has 2 aromatic rings. The molecule has 1 saturated carbocycles. The Morgan fingerprint density at radius 3 is 2.71 bits per heavy atom. The number of fused-ring (bicyclic) bond motifs is 1. The van der Waals surface area contributed by atoms with Crippen LogP contribution in [0.3, 0.4) is 0 Å². The molecule has 2 N–H and O–H groups in total. The first-order valence-corrected chi connectivity index (χ1v) is 12.3. The van der Waals surface area contributed by atoms with Gasteiger partial charge in [-0.3, -0.25) is 4.90 Å². The summed E-state index contributed by atoms with van der Waals surface area (Å²) in [5, 5.41) is 12.0. The zero-order valence-electron chi connectivity index (χ0n) is 20.2. The molecule has 0 amide bonds. The first-order chi connectivity index (χ1) is 16.3. The molecule has 1 aliphatic carbocycles. The summed E-state index contributed by atoms with van der Waals surface area (Å²) in [7, 11) is 1.72. The number of likely N-dealkylation sites (tertiary alicyclic amines) is 1. The largest absolute Gasteiger partial charge is 0.560 e. The van der Waals surface area contributed by atoms with Gasteiger partial charge in [0.05, 0.1) is 19.6 Å². The van der Waals surface area contributed by atoms with Crippen LogP contribution >= 0.6 is 11.6 Å². The number of halogens is 1. The van der Waals surface area contributed by atoms with Crippen molar-refractivity contribution in [2.24, 2.45) is 0 Å². The van der Waals surface area contributed by atoms with Crippen LogP contribution in [-0.4, -0.2) is 40.6 Å². The number of ether oxygens (including phenoxy) is 1. The van der Waals surface area contributed by atoms with Crippen molar-refractivity contribution in [3.63, 3.8) is 0 Å². The molecule has 5 rings (SSSR count). The number of nitrogens with zero attached hydrogens (tertiary/aromatic N) is 6. The van der Waals surface area contributed by atoms with E-state index in [4.69, 9.17) is 27.5 Å². The lowest BCUT2D eigenvalue weighted by Crippen LogP contribution is -2.62. The van der Waals surface area contributed by atoms with Crippen molar-refractivity contribution in [3.8, 4) is 11.8 Å². The molecule has 2 aliphatic heterocycles. The van der Waals surface area contributed by atoms with E-state index >= 15 is 0 Å². The average molecular weight is 481 g/mol. The van der Waals surface area contributed by atoms with Gasteiger partial charge in [-0.05, 0) is 44.7 Å². The van der Waals surface area contributed by atoms with Crippen molar-refractivity contribution in [1.82, 2.24) is 14.9 Å². The number of anilines is 2. The van der Waals surface area contributed by atoms with Crippen LogP contribution in [0, 0.1) is 18.3 Å². The Morgan fingerprint density at radius 1 is 1.35 bits per heavy atom. The van der Waals surface area contributed by atoms with Crippen LogP contribution in [0.25, 0.3) is 5.43 Å². The zero-order chi connectivity index (χ0) is 24.2. The van der Waals surface area contributed by atoms with Gasteiger partial charge in [-0.1, -0.05) is 24.6 Å². The maximum atomic E-state index is 9.34. The third kappa shape index (κ3) is 3.41. The standard InChI is InChI=1S/C25H31ClN7O/c1-14-19(26)10-18(16(3)33-24-21(15(2)31-33)23(28)29-13-30-24)22(34-4)20(14)17-11-32(12-17)25(8-9-27)6-5-7-25/h10,13,15-17H,5-8,11-12H2,1-4H3,(H2,28,29,30)/q-1. The number of methoxy groups -OCH3 is 1. The highest BCUT2D eigenvalue weighted by atomic mass is 35.5. The first kappa shape index (κ1) is 23.2. The smallest absolute Gasteiger partial charge is 0.130 e. The quantitative estimate of drug-likeness (QED) is 0.605. The van der Waals surface area contributed by atoms with E-state index in [0.29, 0.717) is 18.2 Å². The summed E-state index contributed by atoms with van der Waals surface area (Å²) in [6.45, 7) is 7.99. The molecule has 2 unspecified atom stereocenters. The Bertz CT molecular complexity index is 1150. The molecule has 0 bridgehead atoms. The van der Waals surface area contributed by atoms with Crippen LogP contribution < -0.4 is 15.5 Å². The zero-order valence-corrected chi connectivity index (χ0v) is 20.9. The van der Waals surface area contributed by atoms with Crippen molar-refractivity contribution >= 4 is 23.2 Å². The van der Waals surface area contributed by atoms with E-state index in [-0.39, 0.29) is 17.6 Å². The maximum absolute atomic E-state index is 9.34. The Hall–Kier alpha value is -2.60. The van der Waals surface area contributed by atoms with E-state index < -0.39 is 0 Å². The molecular formula is C25H31ClN7O-. The summed E-state index contributed by atoms with van der Waals surface area (Å²) in [6, 6.07) is 4.12. The first-order valence-electron chi connectivity index (χ1n) is 11.9. The molecule has 3 aliphatic rings. The van der Waals surface area contributed by atoms with Crippen LogP contribution in [0.1, 0.15) is 79.8 Å². The molecule has 0 radical (unpaired) electrons. The molecule has 1 saturated heterocycles. The van der Waals surface area contributed by atoms with Gasteiger partial charge < -0.3 is 20.9 Å². The highest BCUT2D eigenvalue weighted by Gasteiger charge is 2.48. The van der Waals surface area contributed by atoms with Crippen LogP contribution in [-0.2, 0) is 0 Å². The number of nitrogen functional groups attached to an aromatic ring is 1. The second-order valence-electron chi connectivity index (χ2n) is 9.84. The van der Waals surface area contributed by atoms with E-state index in [2.05, 4.69) is 34.8 Å². The molecule has 180 valence electrons. The molecule has 0 spiro atoms. The van der Waals surface area contributed by atoms with Gasteiger partial charge in [0, 0.05) is 52.3 Å². The summed E-state index contributed by atoms with van der Waals surface area (Å²) >= 11 is 6.79. The highest BCUT2D eigenvalue weighted by molar-refractivity contribution is 6.31. The fourth-order valence-electron chi connectivity index (χ4n) is 5.88. The minimum Gasteiger partial charge on any atom is -0.560 e. The van der Waals surface area contributed by atoms with E-state index in [1.807, 2.05) is 18.0 Å². The second-order valence-corrected chi connectivity index (χ2v) is 10.2. The van der Waals surface area contributed by atoms with Gasteiger partial charge >= 0.3 is 0 Å². The van der Waals surface area contributed by atoms with Crippen molar-refractivity contribution in [2.75, 3.05) is 30.9 Å².